The number of nitrogens with one attached hydrogen (secondary N) is 1. The van der Waals surface area contributed by atoms with Crippen LogP contribution in [0, 0.1) is 5.92 Å². The standard InChI is InChI=1S/C12H22N2O4/c1-18-7-6-10(13)11(15)14-9-4-2-8(3-5-9)12(16)17/h8-10H,2-7,13H2,1H3,(H,14,15)(H,16,17). The molecule has 0 bridgehead atoms. The Morgan fingerprint density at radius 1 is 1.39 bits per heavy atom. The predicted octanol–water partition coefficient (Wildman–Crippen LogP) is 0.110. The molecule has 0 spiro atoms. The van der Waals surface area contributed by atoms with Gasteiger partial charge in [-0.2, -0.15) is 0 Å². The second kappa shape index (κ2) is 7.33. The van der Waals surface area contributed by atoms with Gasteiger partial charge >= 0.3 is 5.97 Å². The highest BCUT2D eigenvalue weighted by molar-refractivity contribution is 5.81. The van der Waals surface area contributed by atoms with Gasteiger partial charge in [-0.3, -0.25) is 9.59 Å². The van der Waals surface area contributed by atoms with Crippen molar-refractivity contribution in [3.05, 3.63) is 0 Å². The summed E-state index contributed by atoms with van der Waals surface area (Å²) in [5.74, 6) is -1.18. The lowest BCUT2D eigenvalue weighted by Gasteiger charge is -2.27. The van der Waals surface area contributed by atoms with Gasteiger partial charge in [-0.25, -0.2) is 0 Å². The van der Waals surface area contributed by atoms with E-state index in [-0.39, 0.29) is 17.9 Å². The van der Waals surface area contributed by atoms with E-state index in [0.717, 1.165) is 0 Å². The average Bonchev–Trinajstić information content (AvgIpc) is 2.36. The number of hydrogen-bond donors (Lipinski definition) is 3. The zero-order valence-corrected chi connectivity index (χ0v) is 10.7. The minimum absolute atomic E-state index is 0.0571. The van der Waals surface area contributed by atoms with Gasteiger partial charge in [0.2, 0.25) is 5.91 Å². The molecule has 1 aliphatic carbocycles. The maximum absolute atomic E-state index is 11.7. The molecule has 1 saturated carbocycles. The molecule has 18 heavy (non-hydrogen) atoms. The molecule has 4 N–H and O–H groups in total. The maximum Gasteiger partial charge on any atom is 0.306 e. The Labute approximate surface area is 107 Å². The Balaban J connectivity index is 2.27. The van der Waals surface area contributed by atoms with Crippen LogP contribution >= 0.6 is 0 Å². The molecule has 1 amide bonds. The van der Waals surface area contributed by atoms with Crippen LogP contribution in [0.25, 0.3) is 0 Å². The monoisotopic (exact) mass is 258 g/mol. The molecule has 1 unspecified atom stereocenters. The van der Waals surface area contributed by atoms with Crippen molar-refractivity contribution in [2.75, 3.05) is 13.7 Å². The summed E-state index contributed by atoms with van der Waals surface area (Å²) in [5, 5.41) is 11.7. The Hall–Kier alpha value is -1.14. The molecule has 0 aromatic heterocycles. The summed E-state index contributed by atoms with van der Waals surface area (Å²) in [6.07, 6.45) is 3.15. The zero-order valence-electron chi connectivity index (χ0n) is 10.7. The van der Waals surface area contributed by atoms with E-state index in [4.69, 9.17) is 15.6 Å². The fourth-order valence-electron chi connectivity index (χ4n) is 2.17. The topological polar surface area (TPSA) is 102 Å². The third-order valence-electron chi connectivity index (χ3n) is 3.39. The second-order valence-corrected chi connectivity index (χ2v) is 4.78. The van der Waals surface area contributed by atoms with Crippen molar-refractivity contribution in [3.8, 4) is 0 Å². The fourth-order valence-corrected chi connectivity index (χ4v) is 2.17. The van der Waals surface area contributed by atoms with E-state index < -0.39 is 12.0 Å². The zero-order chi connectivity index (χ0) is 13.5. The first-order valence-corrected chi connectivity index (χ1v) is 6.32. The average molecular weight is 258 g/mol. The number of carbonyl (C=O) groups excluding carboxylic acids is 1. The van der Waals surface area contributed by atoms with E-state index in [2.05, 4.69) is 5.32 Å². The Bertz CT molecular complexity index is 288. The number of carboxylic acid groups (broad SMARTS) is 1. The summed E-state index contributed by atoms with van der Waals surface area (Å²) >= 11 is 0. The van der Waals surface area contributed by atoms with Crippen LogP contribution in [-0.4, -0.2) is 42.8 Å². The first-order chi connectivity index (χ1) is 8.54. The fraction of sp³-hybridized carbons (Fsp3) is 0.833. The highest BCUT2D eigenvalue weighted by Crippen LogP contribution is 2.24. The van der Waals surface area contributed by atoms with Crippen LogP contribution in [0.2, 0.25) is 0 Å². The largest absolute Gasteiger partial charge is 0.481 e. The van der Waals surface area contributed by atoms with E-state index >= 15 is 0 Å². The van der Waals surface area contributed by atoms with Crippen molar-refractivity contribution in [2.24, 2.45) is 11.7 Å². The van der Waals surface area contributed by atoms with Crippen LogP contribution < -0.4 is 11.1 Å². The van der Waals surface area contributed by atoms with E-state index in [0.29, 0.717) is 38.7 Å². The highest BCUT2D eigenvalue weighted by Gasteiger charge is 2.27. The van der Waals surface area contributed by atoms with Crippen molar-refractivity contribution in [3.63, 3.8) is 0 Å². The number of aliphatic carboxylic acids is 1. The first-order valence-electron chi connectivity index (χ1n) is 6.32. The lowest BCUT2D eigenvalue weighted by atomic mass is 9.86. The minimum atomic E-state index is -0.739. The van der Waals surface area contributed by atoms with Gasteiger partial charge < -0.3 is 20.9 Å². The molecule has 0 aromatic rings. The molecule has 0 aliphatic heterocycles. The number of carboxylic acids is 1. The molecule has 0 aromatic carbocycles. The molecule has 0 heterocycles. The van der Waals surface area contributed by atoms with Gasteiger partial charge in [0.25, 0.3) is 0 Å². The summed E-state index contributed by atoms with van der Waals surface area (Å²) in [6.45, 7) is 0.459. The van der Waals surface area contributed by atoms with Crippen molar-refractivity contribution in [2.45, 2.75) is 44.2 Å². The van der Waals surface area contributed by atoms with Gasteiger partial charge in [0.15, 0.2) is 0 Å². The summed E-state index contributed by atoms with van der Waals surface area (Å²) < 4.78 is 4.87. The number of methoxy groups -OCH3 is 1. The summed E-state index contributed by atoms with van der Waals surface area (Å²) in [4.78, 5) is 22.5. The first kappa shape index (κ1) is 14.9. The Morgan fingerprint density at radius 3 is 2.50 bits per heavy atom. The highest BCUT2D eigenvalue weighted by atomic mass is 16.5. The Morgan fingerprint density at radius 2 is 2.00 bits per heavy atom. The number of hydrogen-bond acceptors (Lipinski definition) is 4. The summed E-state index contributed by atoms with van der Waals surface area (Å²) in [7, 11) is 1.57. The van der Waals surface area contributed by atoms with Gasteiger partial charge in [-0.15, -0.1) is 0 Å². The van der Waals surface area contributed by atoms with Gasteiger partial charge in [0.05, 0.1) is 12.0 Å². The molecule has 1 rings (SSSR count). The molecule has 0 saturated heterocycles. The Kier molecular flexibility index (Phi) is 6.07. The lowest BCUT2D eigenvalue weighted by Crippen LogP contribution is -2.47. The number of nitrogens with two attached hydrogens (primary N) is 1. The normalized spacial score (nSPS) is 25.4. The summed E-state index contributed by atoms with van der Waals surface area (Å²) in [5.41, 5.74) is 5.71. The molecular formula is C12H22N2O4. The smallest absolute Gasteiger partial charge is 0.306 e. The minimum Gasteiger partial charge on any atom is -0.481 e. The van der Waals surface area contributed by atoms with Crippen molar-refractivity contribution >= 4 is 11.9 Å². The molecule has 6 heteroatoms. The van der Waals surface area contributed by atoms with E-state index in [9.17, 15) is 9.59 Å². The van der Waals surface area contributed by atoms with Gasteiger partial charge in [0.1, 0.15) is 0 Å². The van der Waals surface area contributed by atoms with E-state index in [1.54, 1.807) is 7.11 Å². The maximum atomic E-state index is 11.7. The van der Waals surface area contributed by atoms with Crippen LogP contribution in [0.5, 0.6) is 0 Å². The molecule has 1 aliphatic rings. The third-order valence-corrected chi connectivity index (χ3v) is 3.39. The number of amides is 1. The lowest BCUT2D eigenvalue weighted by molar-refractivity contribution is -0.142. The van der Waals surface area contributed by atoms with E-state index in [1.807, 2.05) is 0 Å². The van der Waals surface area contributed by atoms with Crippen LogP contribution in [-0.2, 0) is 14.3 Å². The van der Waals surface area contributed by atoms with Gasteiger partial charge in [-0.05, 0) is 32.1 Å². The molecule has 1 atom stereocenters. The van der Waals surface area contributed by atoms with Crippen molar-refractivity contribution in [1.82, 2.24) is 5.32 Å². The molecular weight excluding hydrogens is 236 g/mol. The van der Waals surface area contributed by atoms with E-state index in [1.165, 1.54) is 0 Å². The molecule has 6 nitrogen and oxygen atoms in total. The van der Waals surface area contributed by atoms with Gasteiger partial charge in [-0.1, -0.05) is 0 Å². The predicted molar refractivity (Wildman–Crippen MR) is 66.0 cm³/mol. The number of rotatable bonds is 6. The second-order valence-electron chi connectivity index (χ2n) is 4.78. The number of ether oxygens (including phenoxy) is 1. The van der Waals surface area contributed by atoms with Gasteiger partial charge in [0, 0.05) is 19.8 Å². The van der Waals surface area contributed by atoms with Crippen LogP contribution in [0.3, 0.4) is 0 Å². The van der Waals surface area contributed by atoms with Crippen LogP contribution in [0.1, 0.15) is 32.1 Å². The van der Waals surface area contributed by atoms with Crippen LogP contribution in [0.4, 0.5) is 0 Å². The van der Waals surface area contributed by atoms with Crippen LogP contribution in [0.15, 0.2) is 0 Å². The quantitative estimate of drug-likeness (QED) is 0.627. The molecule has 1 fully saturated rings. The number of carbonyl (C=O) groups is 2. The SMILES string of the molecule is COCCC(N)C(=O)NC1CCC(C(=O)O)CC1. The van der Waals surface area contributed by atoms with Crippen molar-refractivity contribution in [1.29, 1.82) is 0 Å². The molecule has 0 radical (unpaired) electrons. The third kappa shape index (κ3) is 4.62. The summed E-state index contributed by atoms with van der Waals surface area (Å²) in [6, 6.07) is -0.496. The molecule has 104 valence electrons. The van der Waals surface area contributed by atoms with Crippen molar-refractivity contribution < 1.29 is 19.4 Å².